The number of rotatable bonds is 19. The van der Waals surface area contributed by atoms with Gasteiger partial charge in [-0.1, -0.05) is 76.6 Å². The molecule has 0 radical (unpaired) electrons. The lowest BCUT2D eigenvalue weighted by Crippen LogP contribution is -2.19. The highest BCUT2D eigenvalue weighted by Crippen LogP contribution is 2.16. The smallest absolute Gasteiger partial charge is 0.122 e. The second-order valence-corrected chi connectivity index (χ2v) is 9.58. The van der Waals surface area contributed by atoms with Crippen LogP contribution in [-0.4, -0.2) is 50.2 Å². The molecule has 5 heteroatoms. The normalized spacial score (nSPS) is 11.0. The molecule has 0 bridgehead atoms. The third kappa shape index (κ3) is 14.4. The van der Waals surface area contributed by atoms with Gasteiger partial charge >= 0.3 is 0 Å². The second-order valence-electron chi connectivity index (χ2n) is 9.58. The van der Waals surface area contributed by atoms with Gasteiger partial charge in [0.15, 0.2) is 0 Å². The molecule has 2 rings (SSSR count). The van der Waals surface area contributed by atoms with Crippen LogP contribution in [0.4, 0.5) is 0 Å². The standard InChI is InChI=1S/C30H48N2O2.ClH/c1-5-7-9-11-21-31(3)25-27-13-17-29(18-14-27)33-23-24-34-30-19-15-28(16-20-30)26-32(4)22-12-10-8-6-2;/h13-20H,5-12,21-26H2,1-4H3;1H. The molecule has 0 spiro atoms. The van der Waals surface area contributed by atoms with Crippen molar-refractivity contribution in [3.63, 3.8) is 0 Å². The second kappa shape index (κ2) is 19.4. The topological polar surface area (TPSA) is 24.9 Å². The lowest BCUT2D eigenvalue weighted by molar-refractivity contribution is 0.217. The van der Waals surface area contributed by atoms with E-state index in [9.17, 15) is 0 Å². The first-order chi connectivity index (χ1) is 16.6. The quantitative estimate of drug-likeness (QED) is 0.184. The third-order valence-corrected chi connectivity index (χ3v) is 6.16. The summed E-state index contributed by atoms with van der Waals surface area (Å²) in [5, 5.41) is 0. The zero-order valence-electron chi connectivity index (χ0n) is 22.6. The van der Waals surface area contributed by atoms with Gasteiger partial charge in [-0.05, 0) is 75.4 Å². The van der Waals surface area contributed by atoms with Gasteiger partial charge in [0.05, 0.1) is 0 Å². The van der Waals surface area contributed by atoms with Crippen molar-refractivity contribution in [1.82, 2.24) is 9.80 Å². The van der Waals surface area contributed by atoms with Crippen LogP contribution in [0.25, 0.3) is 0 Å². The van der Waals surface area contributed by atoms with E-state index in [1.54, 1.807) is 0 Å². The molecule has 0 aliphatic carbocycles. The summed E-state index contributed by atoms with van der Waals surface area (Å²) in [5.41, 5.74) is 2.65. The molecule has 0 fully saturated rings. The predicted molar refractivity (Wildman–Crippen MR) is 152 cm³/mol. The summed E-state index contributed by atoms with van der Waals surface area (Å²) in [4.78, 5) is 4.80. The molecule has 0 aromatic heterocycles. The largest absolute Gasteiger partial charge is 0.490 e. The molecule has 0 aliphatic heterocycles. The van der Waals surface area contributed by atoms with E-state index in [0.717, 1.165) is 37.7 Å². The lowest BCUT2D eigenvalue weighted by Gasteiger charge is -2.17. The van der Waals surface area contributed by atoms with Crippen molar-refractivity contribution in [2.24, 2.45) is 0 Å². The summed E-state index contributed by atoms with van der Waals surface area (Å²) in [6.07, 6.45) is 10.5. The molecule has 0 N–H and O–H groups in total. The molecule has 0 saturated carbocycles. The van der Waals surface area contributed by atoms with Crippen molar-refractivity contribution >= 4 is 12.4 Å². The van der Waals surface area contributed by atoms with Crippen molar-refractivity contribution < 1.29 is 9.47 Å². The first-order valence-corrected chi connectivity index (χ1v) is 13.4. The lowest BCUT2D eigenvalue weighted by atomic mass is 10.2. The van der Waals surface area contributed by atoms with Crippen LogP contribution in [0.1, 0.15) is 76.3 Å². The van der Waals surface area contributed by atoms with Gasteiger partial charge in [0.25, 0.3) is 0 Å². The Balaban J connectivity index is 0.00000612. The van der Waals surface area contributed by atoms with Crippen LogP contribution in [0.3, 0.4) is 0 Å². The number of hydrogen-bond acceptors (Lipinski definition) is 4. The maximum absolute atomic E-state index is 5.87. The van der Waals surface area contributed by atoms with Crippen molar-refractivity contribution in [1.29, 1.82) is 0 Å². The van der Waals surface area contributed by atoms with Gasteiger partial charge < -0.3 is 19.3 Å². The molecule has 4 nitrogen and oxygen atoms in total. The monoisotopic (exact) mass is 504 g/mol. The van der Waals surface area contributed by atoms with E-state index in [1.807, 2.05) is 0 Å². The summed E-state index contributed by atoms with van der Waals surface area (Å²) in [7, 11) is 4.40. The van der Waals surface area contributed by atoms with Crippen LogP contribution in [0.5, 0.6) is 11.5 Å². The molecular formula is C30H49ClN2O2. The minimum absolute atomic E-state index is 0. The summed E-state index contributed by atoms with van der Waals surface area (Å²) in [5.74, 6) is 1.80. The Kier molecular flexibility index (Phi) is 17.4. The van der Waals surface area contributed by atoms with E-state index in [2.05, 4.69) is 86.3 Å². The molecule has 35 heavy (non-hydrogen) atoms. The zero-order valence-corrected chi connectivity index (χ0v) is 23.5. The molecule has 0 heterocycles. The first-order valence-electron chi connectivity index (χ1n) is 13.4. The van der Waals surface area contributed by atoms with Crippen LogP contribution in [0.15, 0.2) is 48.5 Å². The third-order valence-electron chi connectivity index (χ3n) is 6.16. The van der Waals surface area contributed by atoms with Gasteiger partial charge in [-0.25, -0.2) is 0 Å². The minimum atomic E-state index is 0. The maximum Gasteiger partial charge on any atom is 0.122 e. The van der Waals surface area contributed by atoms with Crippen molar-refractivity contribution in [2.45, 2.75) is 78.3 Å². The summed E-state index contributed by atoms with van der Waals surface area (Å²) < 4.78 is 11.7. The van der Waals surface area contributed by atoms with E-state index < -0.39 is 0 Å². The summed E-state index contributed by atoms with van der Waals surface area (Å²) in [6.45, 7) is 9.89. The molecule has 0 atom stereocenters. The van der Waals surface area contributed by atoms with E-state index in [1.165, 1.54) is 62.5 Å². The number of halogens is 1. The number of unbranched alkanes of at least 4 members (excludes halogenated alkanes) is 6. The molecule has 198 valence electrons. The highest BCUT2D eigenvalue weighted by molar-refractivity contribution is 5.85. The van der Waals surface area contributed by atoms with E-state index >= 15 is 0 Å². The van der Waals surface area contributed by atoms with E-state index in [4.69, 9.17) is 9.47 Å². The van der Waals surface area contributed by atoms with Crippen LogP contribution in [0.2, 0.25) is 0 Å². The average Bonchev–Trinajstić information content (AvgIpc) is 2.84. The number of nitrogens with zero attached hydrogens (tertiary/aromatic N) is 2. The van der Waals surface area contributed by atoms with Gasteiger partial charge in [-0.3, -0.25) is 0 Å². The summed E-state index contributed by atoms with van der Waals surface area (Å²) >= 11 is 0. The van der Waals surface area contributed by atoms with Crippen LogP contribution in [0, 0.1) is 0 Å². The molecular weight excluding hydrogens is 456 g/mol. The SMILES string of the molecule is CCCCCCN(C)Cc1ccc(OCCOc2ccc(CN(C)CCCCCC)cc2)cc1.Cl. The highest BCUT2D eigenvalue weighted by atomic mass is 35.5. The van der Waals surface area contributed by atoms with Crippen LogP contribution in [-0.2, 0) is 13.1 Å². The molecule has 0 aliphatic rings. The Hall–Kier alpha value is -1.75. The highest BCUT2D eigenvalue weighted by Gasteiger charge is 2.03. The first kappa shape index (κ1) is 31.3. The minimum Gasteiger partial charge on any atom is -0.490 e. The number of benzene rings is 2. The van der Waals surface area contributed by atoms with Gasteiger partial charge in [-0.15, -0.1) is 12.4 Å². The van der Waals surface area contributed by atoms with Crippen molar-refractivity contribution in [3.05, 3.63) is 59.7 Å². The fourth-order valence-corrected chi connectivity index (χ4v) is 4.10. The molecule has 0 unspecified atom stereocenters. The molecule has 2 aromatic carbocycles. The Morgan fingerprint density at radius 2 is 0.914 bits per heavy atom. The maximum atomic E-state index is 5.87. The number of ether oxygens (including phenoxy) is 2. The molecule has 0 amide bonds. The van der Waals surface area contributed by atoms with E-state index in [-0.39, 0.29) is 12.4 Å². The number of hydrogen-bond donors (Lipinski definition) is 0. The Morgan fingerprint density at radius 1 is 0.543 bits per heavy atom. The fraction of sp³-hybridized carbons (Fsp3) is 0.600. The Labute approximate surface area is 221 Å². The predicted octanol–water partition coefficient (Wildman–Crippen LogP) is 7.59. The van der Waals surface area contributed by atoms with Crippen LogP contribution < -0.4 is 9.47 Å². The molecule has 0 saturated heterocycles. The van der Waals surface area contributed by atoms with Gasteiger partial charge in [0, 0.05) is 13.1 Å². The van der Waals surface area contributed by atoms with Crippen molar-refractivity contribution in [3.8, 4) is 11.5 Å². The van der Waals surface area contributed by atoms with Crippen molar-refractivity contribution in [2.75, 3.05) is 40.4 Å². The van der Waals surface area contributed by atoms with Gasteiger partial charge in [0.1, 0.15) is 24.7 Å². The zero-order chi connectivity index (χ0) is 24.4. The average molecular weight is 505 g/mol. The Bertz CT molecular complexity index is 686. The fourth-order valence-electron chi connectivity index (χ4n) is 4.10. The van der Waals surface area contributed by atoms with E-state index in [0.29, 0.717) is 13.2 Å². The summed E-state index contributed by atoms with van der Waals surface area (Å²) in [6, 6.07) is 16.9. The van der Waals surface area contributed by atoms with Gasteiger partial charge in [-0.2, -0.15) is 0 Å². The van der Waals surface area contributed by atoms with Gasteiger partial charge in [0.2, 0.25) is 0 Å². The Morgan fingerprint density at radius 3 is 1.26 bits per heavy atom. The molecule has 2 aromatic rings. The van der Waals surface area contributed by atoms with Crippen LogP contribution >= 0.6 is 12.4 Å².